The molecule has 1 heterocycles. The second-order valence-electron chi connectivity index (χ2n) is 5.40. The van der Waals surface area contributed by atoms with Crippen LogP contribution in [0, 0.1) is 11.8 Å². The number of aryl methyl sites for hydroxylation is 2. The van der Waals surface area contributed by atoms with Crippen LogP contribution in [0.3, 0.4) is 0 Å². The fraction of sp³-hybridized carbons (Fsp3) is 0.786. The van der Waals surface area contributed by atoms with Crippen LogP contribution in [0.4, 0.5) is 0 Å². The molecule has 0 saturated heterocycles. The van der Waals surface area contributed by atoms with Crippen LogP contribution < -0.4 is 5.32 Å². The number of rotatable bonds is 8. The second-order valence-corrected chi connectivity index (χ2v) is 5.40. The Morgan fingerprint density at radius 1 is 1.29 bits per heavy atom. The summed E-state index contributed by atoms with van der Waals surface area (Å²) in [6.45, 7) is 12.1. The lowest BCUT2D eigenvalue weighted by Crippen LogP contribution is -2.25. The van der Waals surface area contributed by atoms with Crippen molar-refractivity contribution in [3.05, 3.63) is 18.0 Å². The average Bonchev–Trinajstić information content (AvgIpc) is 2.73. The molecule has 0 aliphatic heterocycles. The molecule has 0 radical (unpaired) electrons. The predicted octanol–water partition coefficient (Wildman–Crippen LogP) is 2.72. The number of nitrogens with one attached hydrogen (secondary N) is 1. The molecule has 3 nitrogen and oxygen atoms in total. The molecule has 1 atom stereocenters. The summed E-state index contributed by atoms with van der Waals surface area (Å²) in [4.78, 5) is 0. The van der Waals surface area contributed by atoms with Gasteiger partial charge >= 0.3 is 0 Å². The largest absolute Gasteiger partial charge is 0.316 e. The molecule has 1 rings (SSSR count). The van der Waals surface area contributed by atoms with Crippen molar-refractivity contribution in [2.24, 2.45) is 11.8 Å². The van der Waals surface area contributed by atoms with Gasteiger partial charge in [-0.05, 0) is 50.3 Å². The highest BCUT2D eigenvalue weighted by molar-refractivity contribution is 5.03. The van der Waals surface area contributed by atoms with E-state index in [0.29, 0.717) is 0 Å². The van der Waals surface area contributed by atoms with E-state index in [1.165, 1.54) is 12.0 Å². The summed E-state index contributed by atoms with van der Waals surface area (Å²) in [7, 11) is 0. The summed E-state index contributed by atoms with van der Waals surface area (Å²) in [6, 6.07) is 0. The van der Waals surface area contributed by atoms with Crippen LogP contribution in [-0.2, 0) is 13.0 Å². The van der Waals surface area contributed by atoms with Gasteiger partial charge in [0, 0.05) is 12.7 Å². The topological polar surface area (TPSA) is 29.9 Å². The molecule has 0 amide bonds. The third kappa shape index (κ3) is 5.87. The molecule has 0 spiro atoms. The van der Waals surface area contributed by atoms with E-state index < -0.39 is 0 Å². The van der Waals surface area contributed by atoms with Gasteiger partial charge in [0.15, 0.2) is 0 Å². The maximum absolute atomic E-state index is 4.30. The maximum Gasteiger partial charge on any atom is 0.0521 e. The number of hydrogen-bond acceptors (Lipinski definition) is 2. The summed E-state index contributed by atoms with van der Waals surface area (Å²) < 4.78 is 2.00. The first-order valence-corrected chi connectivity index (χ1v) is 6.83. The molecule has 1 aromatic rings. The molecule has 0 saturated carbocycles. The Balaban J connectivity index is 2.16. The zero-order chi connectivity index (χ0) is 12.7. The Labute approximate surface area is 106 Å². The van der Waals surface area contributed by atoms with Crippen molar-refractivity contribution >= 4 is 0 Å². The molecule has 1 unspecified atom stereocenters. The average molecular weight is 237 g/mol. The van der Waals surface area contributed by atoms with E-state index in [0.717, 1.165) is 37.9 Å². The Hall–Kier alpha value is -0.830. The summed E-state index contributed by atoms with van der Waals surface area (Å²) in [5, 5.41) is 7.82. The van der Waals surface area contributed by atoms with Crippen molar-refractivity contribution in [3.8, 4) is 0 Å². The minimum atomic E-state index is 0.735. The lowest BCUT2D eigenvalue weighted by Gasteiger charge is -2.13. The van der Waals surface area contributed by atoms with Gasteiger partial charge in [0.2, 0.25) is 0 Å². The van der Waals surface area contributed by atoms with Gasteiger partial charge in [-0.25, -0.2) is 0 Å². The highest BCUT2D eigenvalue weighted by Crippen LogP contribution is 2.08. The van der Waals surface area contributed by atoms with Crippen molar-refractivity contribution < 1.29 is 0 Å². The van der Waals surface area contributed by atoms with Gasteiger partial charge in [-0.15, -0.1) is 0 Å². The highest BCUT2D eigenvalue weighted by Gasteiger charge is 2.04. The van der Waals surface area contributed by atoms with Crippen LogP contribution in [0.2, 0.25) is 0 Å². The number of hydrogen-bond donors (Lipinski definition) is 1. The molecular weight excluding hydrogens is 210 g/mol. The first kappa shape index (κ1) is 14.2. The summed E-state index contributed by atoms with van der Waals surface area (Å²) >= 11 is 0. The molecule has 1 aromatic heterocycles. The summed E-state index contributed by atoms with van der Waals surface area (Å²) in [5.74, 6) is 1.48. The monoisotopic (exact) mass is 237 g/mol. The Morgan fingerprint density at radius 3 is 2.65 bits per heavy atom. The fourth-order valence-corrected chi connectivity index (χ4v) is 1.84. The van der Waals surface area contributed by atoms with E-state index in [4.69, 9.17) is 0 Å². The first-order valence-electron chi connectivity index (χ1n) is 6.83. The highest BCUT2D eigenvalue weighted by atomic mass is 15.3. The Bertz CT molecular complexity index is 304. The van der Waals surface area contributed by atoms with Gasteiger partial charge in [0.05, 0.1) is 6.20 Å². The third-order valence-corrected chi connectivity index (χ3v) is 2.98. The van der Waals surface area contributed by atoms with E-state index >= 15 is 0 Å². The molecule has 0 bridgehead atoms. The van der Waals surface area contributed by atoms with Crippen molar-refractivity contribution in [2.75, 3.05) is 13.1 Å². The van der Waals surface area contributed by atoms with Crippen LogP contribution in [0.5, 0.6) is 0 Å². The van der Waals surface area contributed by atoms with Gasteiger partial charge in [-0.3, -0.25) is 4.68 Å². The summed E-state index contributed by atoms with van der Waals surface area (Å²) in [6.07, 6.45) is 6.54. The van der Waals surface area contributed by atoms with E-state index in [-0.39, 0.29) is 0 Å². The fourth-order valence-electron chi connectivity index (χ4n) is 1.84. The van der Waals surface area contributed by atoms with Gasteiger partial charge in [-0.1, -0.05) is 20.8 Å². The van der Waals surface area contributed by atoms with Gasteiger partial charge in [0.25, 0.3) is 0 Å². The van der Waals surface area contributed by atoms with Crippen LogP contribution in [-0.4, -0.2) is 22.9 Å². The molecule has 3 heteroatoms. The quantitative estimate of drug-likeness (QED) is 0.753. The number of nitrogens with zero attached hydrogens (tertiary/aromatic N) is 2. The molecule has 0 fully saturated rings. The van der Waals surface area contributed by atoms with Crippen molar-refractivity contribution in [1.82, 2.24) is 15.1 Å². The Kier molecular flexibility index (Phi) is 6.27. The minimum absolute atomic E-state index is 0.735. The van der Waals surface area contributed by atoms with E-state index in [9.17, 15) is 0 Å². The van der Waals surface area contributed by atoms with Crippen LogP contribution in [0.15, 0.2) is 12.4 Å². The molecule has 1 N–H and O–H groups in total. The molecule has 0 aromatic carbocycles. The lowest BCUT2D eigenvalue weighted by atomic mass is 10.0. The van der Waals surface area contributed by atoms with Crippen LogP contribution in [0.1, 0.15) is 39.7 Å². The van der Waals surface area contributed by atoms with Gasteiger partial charge in [0.1, 0.15) is 0 Å². The van der Waals surface area contributed by atoms with Crippen LogP contribution >= 0.6 is 0 Å². The van der Waals surface area contributed by atoms with E-state index in [2.05, 4.69) is 44.3 Å². The second kappa shape index (κ2) is 7.49. The molecule has 98 valence electrons. The van der Waals surface area contributed by atoms with Crippen molar-refractivity contribution in [1.29, 1.82) is 0 Å². The third-order valence-electron chi connectivity index (χ3n) is 2.98. The zero-order valence-electron chi connectivity index (χ0n) is 11.7. The van der Waals surface area contributed by atoms with Gasteiger partial charge in [-0.2, -0.15) is 5.10 Å². The standard InChI is InChI=1S/C14H27N3/c1-5-17-11-14(10-16-17)7-6-13(4)9-15-8-12(2)3/h10-13,15H,5-9H2,1-4H3. The SMILES string of the molecule is CCn1cc(CCC(C)CNCC(C)C)cn1. The molecule has 0 aliphatic carbocycles. The van der Waals surface area contributed by atoms with E-state index in [1.54, 1.807) is 0 Å². The van der Waals surface area contributed by atoms with Crippen molar-refractivity contribution in [3.63, 3.8) is 0 Å². The zero-order valence-corrected chi connectivity index (χ0v) is 11.7. The number of aromatic nitrogens is 2. The van der Waals surface area contributed by atoms with Gasteiger partial charge < -0.3 is 5.32 Å². The molecule has 17 heavy (non-hydrogen) atoms. The molecule has 0 aliphatic rings. The maximum atomic E-state index is 4.30. The van der Waals surface area contributed by atoms with E-state index in [1.807, 2.05) is 10.9 Å². The first-order chi connectivity index (χ1) is 8.11. The Morgan fingerprint density at radius 2 is 2.06 bits per heavy atom. The summed E-state index contributed by atoms with van der Waals surface area (Å²) in [5.41, 5.74) is 1.36. The van der Waals surface area contributed by atoms with Crippen LogP contribution in [0.25, 0.3) is 0 Å². The predicted molar refractivity (Wildman–Crippen MR) is 73.1 cm³/mol. The minimum Gasteiger partial charge on any atom is -0.316 e. The smallest absolute Gasteiger partial charge is 0.0521 e. The molecular formula is C14H27N3. The lowest BCUT2D eigenvalue weighted by molar-refractivity contribution is 0.454. The van der Waals surface area contributed by atoms with Crippen molar-refractivity contribution in [2.45, 2.75) is 47.1 Å². The normalized spacial score (nSPS) is 13.2.